The zero-order chi connectivity index (χ0) is 13.5. The van der Waals surface area contributed by atoms with Gasteiger partial charge in [-0.3, -0.25) is 0 Å². The summed E-state index contributed by atoms with van der Waals surface area (Å²) in [6.07, 6.45) is 6.92. The molecule has 0 saturated carbocycles. The van der Waals surface area contributed by atoms with E-state index in [1.165, 1.54) is 0 Å². The van der Waals surface area contributed by atoms with E-state index in [1.807, 2.05) is 24.5 Å². The van der Waals surface area contributed by atoms with E-state index in [0.29, 0.717) is 0 Å². The highest BCUT2D eigenvalue weighted by atomic mass is 16.3. The number of rotatable bonds is 8. The van der Waals surface area contributed by atoms with Gasteiger partial charge < -0.3 is 14.3 Å². The van der Waals surface area contributed by atoms with Crippen LogP contribution in [-0.4, -0.2) is 16.1 Å². The number of imidazole rings is 1. The predicted octanol–water partition coefficient (Wildman–Crippen LogP) is 2.98. The maximum atomic E-state index is 5.82. The van der Waals surface area contributed by atoms with Crippen molar-refractivity contribution in [3.63, 3.8) is 0 Å². The molecule has 4 nitrogen and oxygen atoms in total. The summed E-state index contributed by atoms with van der Waals surface area (Å²) in [6, 6.07) is 4.10. The van der Waals surface area contributed by atoms with Crippen molar-refractivity contribution < 1.29 is 4.42 Å². The number of aryl methyl sites for hydroxylation is 1. The molecular weight excluding hydrogens is 238 g/mol. The molecule has 0 aliphatic carbocycles. The molecule has 4 heteroatoms. The van der Waals surface area contributed by atoms with Gasteiger partial charge in [0, 0.05) is 18.9 Å². The van der Waals surface area contributed by atoms with Crippen LogP contribution in [-0.2, 0) is 19.5 Å². The number of hydrogen-bond donors (Lipinski definition) is 1. The predicted molar refractivity (Wildman–Crippen MR) is 76.0 cm³/mol. The van der Waals surface area contributed by atoms with Gasteiger partial charge in [0.1, 0.15) is 17.3 Å². The van der Waals surface area contributed by atoms with E-state index in [9.17, 15) is 0 Å². The highest BCUT2D eigenvalue weighted by molar-refractivity contribution is 5.12. The molecule has 2 rings (SSSR count). The van der Waals surface area contributed by atoms with Crippen LogP contribution >= 0.6 is 0 Å². The summed E-state index contributed by atoms with van der Waals surface area (Å²) in [6.45, 7) is 7.18. The normalized spacial score (nSPS) is 11.1. The molecule has 2 heterocycles. The molecule has 0 atom stereocenters. The summed E-state index contributed by atoms with van der Waals surface area (Å²) >= 11 is 0. The lowest BCUT2D eigenvalue weighted by Crippen LogP contribution is -2.13. The van der Waals surface area contributed by atoms with Crippen molar-refractivity contribution in [3.05, 3.63) is 41.9 Å². The SMILES string of the molecule is CCCNCc1ccc(Cc2nccn2CCC)o1. The molecule has 19 heavy (non-hydrogen) atoms. The Bertz CT molecular complexity index is 487. The molecule has 0 fully saturated rings. The van der Waals surface area contributed by atoms with Crippen LogP contribution in [0.1, 0.15) is 44.0 Å². The van der Waals surface area contributed by atoms with Gasteiger partial charge >= 0.3 is 0 Å². The Morgan fingerprint density at radius 3 is 2.84 bits per heavy atom. The summed E-state index contributed by atoms with van der Waals surface area (Å²) in [4.78, 5) is 4.40. The van der Waals surface area contributed by atoms with Gasteiger partial charge in [0.15, 0.2) is 0 Å². The van der Waals surface area contributed by atoms with Crippen molar-refractivity contribution in [2.45, 2.75) is 46.2 Å². The van der Waals surface area contributed by atoms with E-state index in [-0.39, 0.29) is 0 Å². The number of furan rings is 1. The van der Waals surface area contributed by atoms with Crippen LogP contribution in [0.2, 0.25) is 0 Å². The highest BCUT2D eigenvalue weighted by Gasteiger charge is 2.07. The molecular formula is C15H23N3O. The molecule has 2 aromatic heterocycles. The lowest BCUT2D eigenvalue weighted by molar-refractivity contribution is 0.449. The van der Waals surface area contributed by atoms with E-state index in [1.54, 1.807) is 0 Å². The van der Waals surface area contributed by atoms with Crippen molar-refractivity contribution in [2.75, 3.05) is 6.54 Å². The van der Waals surface area contributed by atoms with Gasteiger partial charge in [-0.1, -0.05) is 13.8 Å². The first-order valence-electron chi connectivity index (χ1n) is 7.11. The summed E-state index contributed by atoms with van der Waals surface area (Å²) in [5.74, 6) is 3.05. The van der Waals surface area contributed by atoms with Crippen LogP contribution in [0.5, 0.6) is 0 Å². The minimum atomic E-state index is 0.765. The number of nitrogens with zero attached hydrogens (tertiary/aromatic N) is 2. The monoisotopic (exact) mass is 261 g/mol. The molecule has 0 unspecified atom stereocenters. The molecule has 104 valence electrons. The molecule has 0 radical (unpaired) electrons. The first-order valence-corrected chi connectivity index (χ1v) is 7.11. The van der Waals surface area contributed by atoms with E-state index < -0.39 is 0 Å². The van der Waals surface area contributed by atoms with E-state index in [2.05, 4.69) is 28.7 Å². The zero-order valence-electron chi connectivity index (χ0n) is 11.9. The number of hydrogen-bond acceptors (Lipinski definition) is 3. The van der Waals surface area contributed by atoms with Crippen molar-refractivity contribution >= 4 is 0 Å². The van der Waals surface area contributed by atoms with Crippen LogP contribution in [0.3, 0.4) is 0 Å². The fraction of sp³-hybridized carbons (Fsp3) is 0.533. The van der Waals surface area contributed by atoms with Crippen LogP contribution in [0.25, 0.3) is 0 Å². The fourth-order valence-electron chi connectivity index (χ4n) is 2.11. The Morgan fingerprint density at radius 1 is 1.21 bits per heavy atom. The first-order chi connectivity index (χ1) is 9.33. The van der Waals surface area contributed by atoms with Gasteiger partial charge in [0.05, 0.1) is 13.0 Å². The lowest BCUT2D eigenvalue weighted by atomic mass is 10.3. The average molecular weight is 261 g/mol. The van der Waals surface area contributed by atoms with Crippen molar-refractivity contribution in [1.29, 1.82) is 0 Å². The summed E-state index contributed by atoms with van der Waals surface area (Å²) in [5.41, 5.74) is 0. The van der Waals surface area contributed by atoms with Gasteiger partial charge in [-0.2, -0.15) is 0 Å². The number of aromatic nitrogens is 2. The van der Waals surface area contributed by atoms with E-state index in [4.69, 9.17) is 4.42 Å². The van der Waals surface area contributed by atoms with Crippen molar-refractivity contribution in [2.24, 2.45) is 0 Å². The van der Waals surface area contributed by atoms with Crippen LogP contribution in [0.4, 0.5) is 0 Å². The van der Waals surface area contributed by atoms with Gasteiger partial charge in [-0.25, -0.2) is 4.98 Å². The van der Waals surface area contributed by atoms with E-state index in [0.717, 1.165) is 56.2 Å². The topological polar surface area (TPSA) is 43.0 Å². The second-order valence-corrected chi connectivity index (χ2v) is 4.76. The van der Waals surface area contributed by atoms with Crippen molar-refractivity contribution in [1.82, 2.24) is 14.9 Å². The molecule has 0 aliphatic heterocycles. The van der Waals surface area contributed by atoms with Gasteiger partial charge in [-0.05, 0) is 31.5 Å². The molecule has 2 aromatic rings. The minimum Gasteiger partial charge on any atom is -0.464 e. The van der Waals surface area contributed by atoms with Crippen LogP contribution in [0.15, 0.2) is 28.9 Å². The third kappa shape index (κ3) is 3.96. The Labute approximate surface area is 114 Å². The number of nitrogens with one attached hydrogen (secondary N) is 1. The lowest BCUT2D eigenvalue weighted by Gasteiger charge is -2.04. The second-order valence-electron chi connectivity index (χ2n) is 4.76. The standard InChI is InChI=1S/C15H23N3O/c1-3-7-16-12-14-6-5-13(19-14)11-15-17-8-10-18(15)9-4-2/h5-6,8,10,16H,3-4,7,9,11-12H2,1-2H3. The summed E-state index contributed by atoms with van der Waals surface area (Å²) < 4.78 is 8.01. The fourth-order valence-corrected chi connectivity index (χ4v) is 2.11. The summed E-state index contributed by atoms with van der Waals surface area (Å²) in [7, 11) is 0. The minimum absolute atomic E-state index is 0.765. The quantitative estimate of drug-likeness (QED) is 0.743. The molecule has 0 bridgehead atoms. The maximum absolute atomic E-state index is 5.82. The third-order valence-electron chi connectivity index (χ3n) is 3.04. The summed E-state index contributed by atoms with van der Waals surface area (Å²) in [5, 5.41) is 3.34. The molecule has 0 aromatic carbocycles. The zero-order valence-corrected chi connectivity index (χ0v) is 11.9. The Hall–Kier alpha value is -1.55. The Kier molecular flexibility index (Phi) is 5.21. The first kappa shape index (κ1) is 13.9. The largest absolute Gasteiger partial charge is 0.464 e. The van der Waals surface area contributed by atoms with Gasteiger partial charge in [0.25, 0.3) is 0 Å². The Balaban J connectivity index is 1.93. The second kappa shape index (κ2) is 7.14. The smallest absolute Gasteiger partial charge is 0.117 e. The molecule has 0 spiro atoms. The maximum Gasteiger partial charge on any atom is 0.117 e. The van der Waals surface area contributed by atoms with Crippen LogP contribution < -0.4 is 5.32 Å². The molecule has 1 N–H and O–H groups in total. The van der Waals surface area contributed by atoms with Gasteiger partial charge in [0.2, 0.25) is 0 Å². The van der Waals surface area contributed by atoms with E-state index >= 15 is 0 Å². The average Bonchev–Trinajstić information content (AvgIpc) is 3.02. The highest BCUT2D eigenvalue weighted by Crippen LogP contribution is 2.12. The van der Waals surface area contributed by atoms with Gasteiger partial charge in [-0.15, -0.1) is 0 Å². The molecule has 0 aliphatic rings. The molecule has 0 amide bonds. The Morgan fingerprint density at radius 2 is 2.05 bits per heavy atom. The van der Waals surface area contributed by atoms with Crippen molar-refractivity contribution in [3.8, 4) is 0 Å². The van der Waals surface area contributed by atoms with Crippen LogP contribution in [0, 0.1) is 0 Å². The third-order valence-corrected chi connectivity index (χ3v) is 3.04. The molecule has 0 saturated heterocycles.